The van der Waals surface area contributed by atoms with Gasteiger partial charge in [0.25, 0.3) is 0 Å². The molecule has 0 aliphatic heterocycles. The molecule has 3 aromatic rings. The second-order valence-corrected chi connectivity index (χ2v) is 5.59. The van der Waals surface area contributed by atoms with E-state index in [0.717, 1.165) is 16.6 Å². The highest BCUT2D eigenvalue weighted by molar-refractivity contribution is 7.13. The van der Waals surface area contributed by atoms with E-state index in [-0.39, 0.29) is 6.03 Å². The Labute approximate surface area is 125 Å². The molecule has 0 bridgehead atoms. The van der Waals surface area contributed by atoms with E-state index in [0.29, 0.717) is 23.0 Å². The van der Waals surface area contributed by atoms with Gasteiger partial charge in [-0.1, -0.05) is 16.8 Å². The molecule has 2 aromatic heterocycles. The Morgan fingerprint density at radius 3 is 3.00 bits per heavy atom. The number of thiazole rings is 1. The number of carbonyl (C=O) groups is 1. The van der Waals surface area contributed by atoms with Crippen molar-refractivity contribution in [3.05, 3.63) is 40.5 Å². The number of rotatable bonds is 3. The van der Waals surface area contributed by atoms with Crippen LogP contribution in [0.1, 0.15) is 17.0 Å². The molecule has 108 valence electrons. The van der Waals surface area contributed by atoms with E-state index in [2.05, 4.69) is 20.8 Å². The number of aryl methyl sites for hydroxylation is 2. The fourth-order valence-corrected chi connectivity index (χ4v) is 2.63. The molecule has 7 heteroatoms. The number of hydrogen-bond acceptors (Lipinski definition) is 5. The van der Waals surface area contributed by atoms with Crippen LogP contribution in [0.2, 0.25) is 0 Å². The van der Waals surface area contributed by atoms with Crippen LogP contribution >= 0.6 is 11.3 Å². The van der Waals surface area contributed by atoms with E-state index in [1.165, 1.54) is 11.3 Å². The van der Waals surface area contributed by atoms with Crippen LogP contribution in [0.15, 0.2) is 28.1 Å². The van der Waals surface area contributed by atoms with Crippen LogP contribution in [0.25, 0.3) is 11.0 Å². The van der Waals surface area contributed by atoms with E-state index in [1.54, 1.807) is 0 Å². The van der Waals surface area contributed by atoms with E-state index < -0.39 is 0 Å². The Kier molecular flexibility index (Phi) is 3.57. The Hall–Kier alpha value is -2.41. The van der Waals surface area contributed by atoms with Gasteiger partial charge < -0.3 is 9.84 Å². The number of carbonyl (C=O) groups excluding carboxylic acids is 1. The molecule has 0 aliphatic rings. The molecule has 0 aliphatic carbocycles. The van der Waals surface area contributed by atoms with Gasteiger partial charge in [-0.25, -0.2) is 9.78 Å². The summed E-state index contributed by atoms with van der Waals surface area (Å²) in [5.41, 5.74) is 3.43. The quantitative estimate of drug-likeness (QED) is 0.778. The number of amides is 2. The minimum absolute atomic E-state index is 0.298. The Morgan fingerprint density at radius 2 is 2.24 bits per heavy atom. The smallest absolute Gasteiger partial charge is 0.321 e. The van der Waals surface area contributed by atoms with E-state index in [9.17, 15) is 4.79 Å². The van der Waals surface area contributed by atoms with Crippen LogP contribution in [0.5, 0.6) is 0 Å². The highest BCUT2D eigenvalue weighted by Gasteiger charge is 2.10. The Bertz CT molecular complexity index is 793. The van der Waals surface area contributed by atoms with Gasteiger partial charge in [0.15, 0.2) is 10.7 Å². The summed E-state index contributed by atoms with van der Waals surface area (Å²) in [4.78, 5) is 16.0. The van der Waals surface area contributed by atoms with Crippen LogP contribution in [-0.2, 0) is 6.54 Å². The molecule has 3 rings (SSSR count). The highest BCUT2D eigenvalue weighted by Crippen LogP contribution is 2.19. The minimum atomic E-state index is -0.312. The Morgan fingerprint density at radius 1 is 1.38 bits per heavy atom. The van der Waals surface area contributed by atoms with Crippen molar-refractivity contribution < 1.29 is 9.32 Å². The first-order valence-corrected chi connectivity index (χ1v) is 7.31. The lowest BCUT2D eigenvalue weighted by Crippen LogP contribution is -2.28. The molecule has 2 heterocycles. The highest BCUT2D eigenvalue weighted by atomic mass is 32.1. The van der Waals surface area contributed by atoms with Gasteiger partial charge in [0.2, 0.25) is 0 Å². The maximum absolute atomic E-state index is 11.8. The summed E-state index contributed by atoms with van der Waals surface area (Å²) in [5.74, 6) is 0. The molecule has 0 saturated carbocycles. The number of urea groups is 1. The van der Waals surface area contributed by atoms with Crippen molar-refractivity contribution in [1.82, 2.24) is 15.5 Å². The van der Waals surface area contributed by atoms with Gasteiger partial charge >= 0.3 is 6.03 Å². The fourth-order valence-electron chi connectivity index (χ4n) is 1.95. The second kappa shape index (κ2) is 5.53. The molecule has 0 atom stereocenters. The second-order valence-electron chi connectivity index (χ2n) is 4.73. The molecular weight excluding hydrogens is 288 g/mol. The van der Waals surface area contributed by atoms with Crippen molar-refractivity contribution >= 4 is 33.5 Å². The van der Waals surface area contributed by atoms with E-state index in [4.69, 9.17) is 4.52 Å². The average molecular weight is 302 g/mol. The molecule has 0 spiro atoms. The predicted octanol–water partition coefficient (Wildman–Crippen LogP) is 3.22. The number of anilines is 1. The lowest BCUT2D eigenvalue weighted by atomic mass is 10.1. The number of aromatic nitrogens is 2. The summed E-state index contributed by atoms with van der Waals surface area (Å²) in [5, 5.41) is 12.8. The van der Waals surface area contributed by atoms with Crippen molar-refractivity contribution in [3.8, 4) is 0 Å². The molecule has 0 saturated heterocycles. The van der Waals surface area contributed by atoms with Gasteiger partial charge in [-0.3, -0.25) is 5.32 Å². The fraction of sp³-hybridized carbons (Fsp3) is 0.214. The number of nitrogens with one attached hydrogen (secondary N) is 2. The third-order valence-corrected chi connectivity index (χ3v) is 3.83. The van der Waals surface area contributed by atoms with E-state index in [1.807, 2.05) is 37.4 Å². The summed E-state index contributed by atoms with van der Waals surface area (Å²) in [7, 11) is 0. The maximum atomic E-state index is 11.8. The predicted molar refractivity (Wildman–Crippen MR) is 81.5 cm³/mol. The molecule has 0 fully saturated rings. The molecule has 2 amide bonds. The SMILES string of the molecule is Cc1ccc2onc(CNC(=O)Nc3nc(C)cs3)c2c1. The number of fused-ring (bicyclic) bond motifs is 1. The third-order valence-electron chi connectivity index (χ3n) is 2.96. The zero-order valence-corrected chi connectivity index (χ0v) is 12.5. The molecule has 1 aromatic carbocycles. The molecule has 21 heavy (non-hydrogen) atoms. The first-order valence-electron chi connectivity index (χ1n) is 6.44. The van der Waals surface area contributed by atoms with Crippen LogP contribution < -0.4 is 10.6 Å². The van der Waals surface area contributed by atoms with Crippen LogP contribution in [0.4, 0.5) is 9.93 Å². The van der Waals surface area contributed by atoms with Crippen molar-refractivity contribution in [1.29, 1.82) is 0 Å². The summed E-state index contributed by atoms with van der Waals surface area (Å²) < 4.78 is 5.23. The lowest BCUT2D eigenvalue weighted by molar-refractivity contribution is 0.251. The van der Waals surface area contributed by atoms with Crippen molar-refractivity contribution in [2.24, 2.45) is 0 Å². The van der Waals surface area contributed by atoms with Gasteiger partial charge in [0.05, 0.1) is 12.2 Å². The zero-order valence-electron chi connectivity index (χ0n) is 11.6. The molecule has 6 nitrogen and oxygen atoms in total. The topological polar surface area (TPSA) is 80.0 Å². The zero-order chi connectivity index (χ0) is 14.8. The van der Waals surface area contributed by atoms with Crippen molar-refractivity contribution in [3.63, 3.8) is 0 Å². The largest absolute Gasteiger partial charge is 0.356 e. The van der Waals surface area contributed by atoms with Crippen molar-refractivity contribution in [2.45, 2.75) is 20.4 Å². The number of benzene rings is 1. The molecule has 2 N–H and O–H groups in total. The van der Waals surface area contributed by atoms with Crippen LogP contribution in [-0.4, -0.2) is 16.2 Å². The average Bonchev–Trinajstić information content (AvgIpc) is 3.03. The van der Waals surface area contributed by atoms with Crippen LogP contribution in [0.3, 0.4) is 0 Å². The number of hydrogen-bond donors (Lipinski definition) is 2. The number of nitrogens with zero attached hydrogens (tertiary/aromatic N) is 2. The van der Waals surface area contributed by atoms with E-state index >= 15 is 0 Å². The van der Waals surface area contributed by atoms with Gasteiger partial charge in [-0.15, -0.1) is 11.3 Å². The summed E-state index contributed by atoms with van der Waals surface area (Å²) in [6, 6.07) is 5.51. The van der Waals surface area contributed by atoms with Gasteiger partial charge in [-0.2, -0.15) is 0 Å². The molecular formula is C14H14N4O2S. The molecule has 0 unspecified atom stereocenters. The van der Waals surface area contributed by atoms with Gasteiger partial charge in [0.1, 0.15) is 5.69 Å². The lowest BCUT2D eigenvalue weighted by Gasteiger charge is -2.03. The van der Waals surface area contributed by atoms with Gasteiger partial charge in [-0.05, 0) is 26.0 Å². The van der Waals surface area contributed by atoms with Gasteiger partial charge in [0, 0.05) is 10.8 Å². The van der Waals surface area contributed by atoms with Crippen LogP contribution in [0, 0.1) is 13.8 Å². The minimum Gasteiger partial charge on any atom is -0.356 e. The summed E-state index contributed by atoms with van der Waals surface area (Å²) >= 11 is 1.39. The maximum Gasteiger partial charge on any atom is 0.321 e. The molecule has 0 radical (unpaired) electrons. The standard InChI is InChI=1S/C14H14N4O2S/c1-8-3-4-12-10(5-8)11(18-20-12)6-15-13(19)17-14-16-9(2)7-21-14/h3-5,7H,6H2,1-2H3,(H2,15,16,17,19). The third kappa shape index (κ3) is 3.03. The summed E-state index contributed by atoms with van der Waals surface area (Å²) in [6.45, 7) is 4.18. The first kappa shape index (κ1) is 13.6. The normalized spacial score (nSPS) is 10.8. The first-order chi connectivity index (χ1) is 10.1. The van der Waals surface area contributed by atoms with Crippen molar-refractivity contribution in [2.75, 3.05) is 5.32 Å². The summed E-state index contributed by atoms with van der Waals surface area (Å²) in [6.07, 6.45) is 0. The Balaban J connectivity index is 1.66. The monoisotopic (exact) mass is 302 g/mol.